The fourth-order valence-electron chi connectivity index (χ4n) is 2.61. The second kappa shape index (κ2) is 5.54. The minimum absolute atomic E-state index is 0.0627. The summed E-state index contributed by atoms with van der Waals surface area (Å²) in [6, 6.07) is 11.3. The van der Waals surface area contributed by atoms with E-state index in [4.69, 9.17) is 5.21 Å². The van der Waals surface area contributed by atoms with Crippen molar-refractivity contribution in [2.75, 3.05) is 12.0 Å². The van der Waals surface area contributed by atoms with Crippen molar-refractivity contribution in [3.63, 3.8) is 0 Å². The maximum Gasteiger partial charge on any atom is 0.126 e. The number of hydrogen-bond acceptors (Lipinski definition) is 4. The maximum absolute atomic E-state index is 13.3. The van der Waals surface area contributed by atoms with Gasteiger partial charge in [0.05, 0.1) is 5.69 Å². The summed E-state index contributed by atoms with van der Waals surface area (Å²) in [5, 5.41) is 18.8. The Bertz CT molecular complexity index is 700. The van der Waals surface area contributed by atoms with Crippen LogP contribution in [0.5, 0.6) is 5.75 Å². The van der Waals surface area contributed by atoms with Crippen molar-refractivity contribution in [3.05, 3.63) is 59.4 Å². The molecule has 1 aliphatic heterocycles. The number of phenols is 1. The molecule has 4 nitrogen and oxygen atoms in total. The van der Waals surface area contributed by atoms with Crippen molar-refractivity contribution < 1.29 is 14.7 Å². The van der Waals surface area contributed by atoms with Crippen molar-refractivity contribution in [1.82, 2.24) is 0 Å². The highest BCUT2D eigenvalue weighted by Crippen LogP contribution is 2.32. The van der Waals surface area contributed by atoms with Crippen LogP contribution in [0.15, 0.2) is 47.5 Å². The Morgan fingerprint density at radius 3 is 2.76 bits per heavy atom. The topological polar surface area (TPSA) is 64.8 Å². The fourth-order valence-corrected chi connectivity index (χ4v) is 2.61. The van der Waals surface area contributed by atoms with E-state index in [2.05, 4.69) is 4.99 Å². The number of hydrogen-bond donors (Lipinski definition) is 3. The van der Waals surface area contributed by atoms with Gasteiger partial charge in [-0.15, -0.1) is 0 Å². The Hall–Kier alpha value is -2.40. The number of aliphatic imine (C=N–C) groups is 1. The monoisotopic (exact) mass is 286 g/mol. The zero-order chi connectivity index (χ0) is 14.8. The van der Waals surface area contributed by atoms with Crippen LogP contribution in [-0.2, 0) is 0 Å². The molecule has 1 atom stereocenters. The van der Waals surface area contributed by atoms with E-state index in [9.17, 15) is 9.50 Å². The molecule has 108 valence electrons. The van der Waals surface area contributed by atoms with Gasteiger partial charge in [-0.1, -0.05) is 12.1 Å². The number of aromatic hydroxyl groups is 1. The van der Waals surface area contributed by atoms with Crippen LogP contribution in [0.25, 0.3) is 0 Å². The molecule has 1 heterocycles. The maximum atomic E-state index is 13.3. The number of benzene rings is 2. The molecule has 21 heavy (non-hydrogen) atoms. The van der Waals surface area contributed by atoms with Crippen molar-refractivity contribution in [2.24, 2.45) is 4.99 Å². The van der Waals surface area contributed by atoms with Crippen LogP contribution in [0, 0.1) is 5.82 Å². The van der Waals surface area contributed by atoms with Crippen molar-refractivity contribution in [3.8, 4) is 5.75 Å². The van der Waals surface area contributed by atoms with Gasteiger partial charge in [-0.25, -0.2) is 4.39 Å². The molecule has 0 spiro atoms. The Balaban J connectivity index is 1.81. The van der Waals surface area contributed by atoms with E-state index in [0.29, 0.717) is 24.2 Å². The molecule has 1 aliphatic rings. The lowest BCUT2D eigenvalue weighted by molar-refractivity contribution is 0.388. The predicted molar refractivity (Wildman–Crippen MR) is 78.7 cm³/mol. The van der Waals surface area contributed by atoms with Crippen LogP contribution < -0.4 is 5.48 Å². The first-order valence-corrected chi connectivity index (χ1v) is 6.69. The molecule has 2 aromatic carbocycles. The van der Waals surface area contributed by atoms with Crippen LogP contribution in [0.1, 0.15) is 23.5 Å². The summed E-state index contributed by atoms with van der Waals surface area (Å²) < 4.78 is 13.3. The standard InChI is InChI=1S/C16H15FN2O2/c17-12-3-1-2-10(6-12)11-7-15(18-9-11)14-5-4-13(19-21)8-16(14)20/h1-6,8,11,19-21H,7,9H2. The number of phenolic OH excluding ortho intramolecular Hbond substituents is 1. The normalized spacial score (nSPS) is 17.6. The molecule has 0 aromatic heterocycles. The molecule has 5 heteroatoms. The average molecular weight is 286 g/mol. The van der Waals surface area contributed by atoms with Gasteiger partial charge >= 0.3 is 0 Å². The van der Waals surface area contributed by atoms with Gasteiger partial charge in [-0.2, -0.15) is 0 Å². The quantitative estimate of drug-likeness (QED) is 0.758. The van der Waals surface area contributed by atoms with E-state index in [-0.39, 0.29) is 17.5 Å². The number of rotatable bonds is 3. The molecular weight excluding hydrogens is 271 g/mol. The minimum atomic E-state index is -0.248. The Morgan fingerprint density at radius 2 is 2.05 bits per heavy atom. The van der Waals surface area contributed by atoms with Crippen molar-refractivity contribution in [1.29, 1.82) is 0 Å². The molecule has 0 radical (unpaired) electrons. The lowest BCUT2D eigenvalue weighted by atomic mass is 9.93. The molecule has 3 rings (SSSR count). The predicted octanol–water partition coefficient (Wildman–Crippen LogP) is 3.31. The SMILES string of the molecule is ONc1ccc(C2=NCC(c3cccc(F)c3)C2)c(O)c1. The van der Waals surface area contributed by atoms with Gasteiger partial charge in [-0.3, -0.25) is 15.7 Å². The second-order valence-electron chi connectivity index (χ2n) is 5.09. The molecule has 2 aromatic rings. The minimum Gasteiger partial charge on any atom is -0.507 e. The highest BCUT2D eigenvalue weighted by molar-refractivity contribution is 6.04. The van der Waals surface area contributed by atoms with Gasteiger partial charge in [-0.05, 0) is 36.2 Å². The number of nitrogens with one attached hydrogen (secondary N) is 1. The molecule has 0 saturated heterocycles. The first-order valence-electron chi connectivity index (χ1n) is 6.69. The van der Waals surface area contributed by atoms with Crippen LogP contribution in [0.4, 0.5) is 10.1 Å². The molecule has 1 unspecified atom stereocenters. The highest BCUT2D eigenvalue weighted by atomic mass is 19.1. The average Bonchev–Trinajstić information content (AvgIpc) is 2.96. The van der Waals surface area contributed by atoms with Gasteiger partial charge in [0.25, 0.3) is 0 Å². The summed E-state index contributed by atoms with van der Waals surface area (Å²) in [6.45, 7) is 0.582. The van der Waals surface area contributed by atoms with Crippen LogP contribution in [0.2, 0.25) is 0 Å². The van der Waals surface area contributed by atoms with Gasteiger partial charge < -0.3 is 5.11 Å². The second-order valence-corrected chi connectivity index (χ2v) is 5.09. The molecule has 0 aliphatic carbocycles. The van der Waals surface area contributed by atoms with E-state index in [1.807, 2.05) is 11.5 Å². The van der Waals surface area contributed by atoms with Crippen LogP contribution in [-0.4, -0.2) is 22.6 Å². The summed E-state index contributed by atoms with van der Waals surface area (Å²) >= 11 is 0. The Kier molecular flexibility index (Phi) is 3.58. The molecule has 0 amide bonds. The van der Waals surface area contributed by atoms with E-state index in [1.165, 1.54) is 18.2 Å². The Labute approximate surface area is 121 Å². The highest BCUT2D eigenvalue weighted by Gasteiger charge is 2.23. The van der Waals surface area contributed by atoms with E-state index in [1.54, 1.807) is 18.2 Å². The smallest absolute Gasteiger partial charge is 0.126 e. The van der Waals surface area contributed by atoms with E-state index in [0.717, 1.165) is 11.3 Å². The third-order valence-corrected chi connectivity index (χ3v) is 3.70. The fraction of sp³-hybridized carbons (Fsp3) is 0.188. The third kappa shape index (κ3) is 2.73. The summed E-state index contributed by atoms with van der Waals surface area (Å²) in [6.07, 6.45) is 0.656. The van der Waals surface area contributed by atoms with E-state index >= 15 is 0 Å². The van der Waals surface area contributed by atoms with E-state index < -0.39 is 0 Å². The first kappa shape index (κ1) is 13.6. The largest absolute Gasteiger partial charge is 0.507 e. The zero-order valence-electron chi connectivity index (χ0n) is 11.3. The lowest BCUT2D eigenvalue weighted by Gasteiger charge is -2.10. The molecule has 0 bridgehead atoms. The summed E-state index contributed by atoms with van der Waals surface area (Å²) in [5.41, 5.74) is 4.76. The first-order chi connectivity index (χ1) is 10.2. The number of nitrogens with zero attached hydrogens (tertiary/aromatic N) is 1. The van der Waals surface area contributed by atoms with Crippen molar-refractivity contribution >= 4 is 11.4 Å². The van der Waals surface area contributed by atoms with Gasteiger partial charge in [0.1, 0.15) is 11.6 Å². The molecule has 3 N–H and O–H groups in total. The Morgan fingerprint density at radius 1 is 1.19 bits per heavy atom. The number of halogens is 1. The zero-order valence-corrected chi connectivity index (χ0v) is 11.3. The summed E-state index contributed by atoms with van der Waals surface area (Å²) in [5.74, 6) is -0.0550. The summed E-state index contributed by atoms with van der Waals surface area (Å²) in [4.78, 5) is 4.46. The van der Waals surface area contributed by atoms with Gasteiger partial charge in [0.2, 0.25) is 0 Å². The third-order valence-electron chi connectivity index (χ3n) is 3.70. The number of anilines is 1. The molecular formula is C16H15FN2O2. The molecule has 0 fully saturated rings. The van der Waals surface area contributed by atoms with Gasteiger partial charge in [0.15, 0.2) is 0 Å². The van der Waals surface area contributed by atoms with Crippen LogP contribution >= 0.6 is 0 Å². The lowest BCUT2D eigenvalue weighted by Crippen LogP contribution is -2.03. The van der Waals surface area contributed by atoms with Crippen LogP contribution in [0.3, 0.4) is 0 Å². The summed E-state index contributed by atoms with van der Waals surface area (Å²) in [7, 11) is 0. The molecule has 0 saturated carbocycles. The van der Waals surface area contributed by atoms with Gasteiger partial charge in [0, 0.05) is 29.8 Å². The van der Waals surface area contributed by atoms with Crippen molar-refractivity contribution in [2.45, 2.75) is 12.3 Å².